The number of carboxylic acids is 1. The van der Waals surface area contributed by atoms with Gasteiger partial charge in [-0.05, 0) is 48.9 Å². The van der Waals surface area contributed by atoms with Crippen molar-refractivity contribution in [1.82, 2.24) is 0 Å². The first kappa shape index (κ1) is 14.6. The molecule has 1 aromatic carbocycles. The van der Waals surface area contributed by atoms with Crippen molar-refractivity contribution in [2.24, 2.45) is 0 Å². The van der Waals surface area contributed by atoms with Gasteiger partial charge < -0.3 is 10.2 Å². The molecule has 0 saturated carbocycles. The molecule has 0 bridgehead atoms. The molecule has 0 aliphatic carbocycles. The van der Waals surface area contributed by atoms with Crippen LogP contribution < -0.4 is 0 Å². The van der Waals surface area contributed by atoms with E-state index >= 15 is 0 Å². The van der Waals surface area contributed by atoms with Crippen molar-refractivity contribution in [2.75, 3.05) is 0 Å². The number of phenolic OH excluding ortho intramolecular Hbond substituents is 1. The molecule has 0 unspecified atom stereocenters. The number of phenols is 1. The van der Waals surface area contributed by atoms with Crippen LogP contribution in [0.1, 0.15) is 60.2 Å². The van der Waals surface area contributed by atoms with Gasteiger partial charge in [-0.15, -0.1) is 0 Å². The van der Waals surface area contributed by atoms with Crippen molar-refractivity contribution in [3.8, 4) is 5.75 Å². The van der Waals surface area contributed by atoms with Crippen molar-refractivity contribution in [2.45, 2.75) is 52.9 Å². The first-order chi connectivity index (χ1) is 8.52. The largest absolute Gasteiger partial charge is 0.507 e. The van der Waals surface area contributed by atoms with Crippen molar-refractivity contribution in [3.63, 3.8) is 0 Å². The Labute approximate surface area is 108 Å². The molecular weight excluding hydrogens is 228 g/mol. The second kappa shape index (κ2) is 6.43. The lowest BCUT2D eigenvalue weighted by molar-refractivity contribution is 0.0695. The quantitative estimate of drug-likeness (QED) is 0.809. The van der Waals surface area contributed by atoms with E-state index in [0.717, 1.165) is 43.2 Å². The lowest BCUT2D eigenvalue weighted by Crippen LogP contribution is -2.08. The van der Waals surface area contributed by atoms with Crippen molar-refractivity contribution in [3.05, 3.63) is 28.3 Å². The molecule has 0 amide bonds. The van der Waals surface area contributed by atoms with Crippen molar-refractivity contribution in [1.29, 1.82) is 0 Å². The number of aromatic hydroxyl groups is 1. The molecule has 0 atom stereocenters. The summed E-state index contributed by atoms with van der Waals surface area (Å²) in [6.07, 6.45) is 4.31. The van der Waals surface area contributed by atoms with E-state index in [9.17, 15) is 15.0 Å². The average molecular weight is 250 g/mol. The molecular formula is C15H22O3. The minimum absolute atomic E-state index is 0.271. The fourth-order valence-electron chi connectivity index (χ4n) is 2.26. The molecule has 0 heterocycles. The van der Waals surface area contributed by atoms with Gasteiger partial charge in [0.25, 0.3) is 0 Å². The molecule has 0 radical (unpaired) electrons. The summed E-state index contributed by atoms with van der Waals surface area (Å²) in [7, 11) is 0. The molecule has 0 aliphatic heterocycles. The predicted molar refractivity (Wildman–Crippen MR) is 72.4 cm³/mol. The molecule has 3 heteroatoms. The highest BCUT2D eigenvalue weighted by Gasteiger charge is 2.18. The van der Waals surface area contributed by atoms with Gasteiger partial charge in [-0.3, -0.25) is 0 Å². The van der Waals surface area contributed by atoms with Gasteiger partial charge in [0.15, 0.2) is 0 Å². The number of carboxylic acid groups (broad SMARTS) is 1. The summed E-state index contributed by atoms with van der Waals surface area (Å²) in [6.45, 7) is 5.87. The number of hydrogen-bond acceptors (Lipinski definition) is 2. The van der Waals surface area contributed by atoms with Crippen LogP contribution in [-0.4, -0.2) is 16.2 Å². The highest BCUT2D eigenvalue weighted by atomic mass is 16.4. The Hall–Kier alpha value is -1.51. The summed E-state index contributed by atoms with van der Waals surface area (Å²) >= 11 is 0. The van der Waals surface area contributed by atoms with E-state index in [1.807, 2.05) is 6.92 Å². The maximum Gasteiger partial charge on any atom is 0.335 e. The Bertz CT molecular complexity index is 436. The van der Waals surface area contributed by atoms with Crippen LogP contribution in [0.4, 0.5) is 0 Å². The van der Waals surface area contributed by atoms with E-state index in [1.54, 1.807) is 13.0 Å². The van der Waals surface area contributed by atoms with Crippen LogP contribution in [0.2, 0.25) is 0 Å². The number of unbranched alkanes of at least 4 members (excludes halogenated alkanes) is 1. The molecule has 0 fully saturated rings. The molecule has 3 nitrogen and oxygen atoms in total. The summed E-state index contributed by atoms with van der Waals surface area (Å²) in [6, 6.07) is 1.59. The highest BCUT2D eigenvalue weighted by Crippen LogP contribution is 2.31. The first-order valence-corrected chi connectivity index (χ1v) is 6.60. The summed E-state index contributed by atoms with van der Waals surface area (Å²) < 4.78 is 0. The van der Waals surface area contributed by atoms with Crippen LogP contribution in [0.3, 0.4) is 0 Å². The zero-order chi connectivity index (χ0) is 13.7. The third kappa shape index (κ3) is 3.03. The molecule has 1 aromatic rings. The van der Waals surface area contributed by atoms with Crippen LogP contribution in [0.15, 0.2) is 6.07 Å². The fraction of sp³-hybridized carbons (Fsp3) is 0.533. The minimum Gasteiger partial charge on any atom is -0.507 e. The number of aromatic carboxylic acids is 1. The maximum atomic E-state index is 11.3. The van der Waals surface area contributed by atoms with E-state index in [-0.39, 0.29) is 5.75 Å². The van der Waals surface area contributed by atoms with Gasteiger partial charge in [-0.2, -0.15) is 0 Å². The Balaban J connectivity index is 3.37. The number of carbonyl (C=O) groups is 1. The highest BCUT2D eigenvalue weighted by molar-refractivity contribution is 5.90. The fourth-order valence-corrected chi connectivity index (χ4v) is 2.26. The maximum absolute atomic E-state index is 11.3. The van der Waals surface area contributed by atoms with Gasteiger partial charge in [0, 0.05) is 0 Å². The topological polar surface area (TPSA) is 57.5 Å². The summed E-state index contributed by atoms with van der Waals surface area (Å²) in [5.74, 6) is -0.630. The minimum atomic E-state index is -0.901. The molecule has 0 saturated heterocycles. The monoisotopic (exact) mass is 250 g/mol. The van der Waals surface area contributed by atoms with Crippen LogP contribution >= 0.6 is 0 Å². The lowest BCUT2D eigenvalue weighted by atomic mass is 9.91. The average Bonchev–Trinajstić information content (AvgIpc) is 2.33. The molecule has 0 aliphatic rings. The second-order valence-electron chi connectivity index (χ2n) is 4.71. The Kier molecular flexibility index (Phi) is 5.20. The van der Waals surface area contributed by atoms with Crippen LogP contribution in [0.5, 0.6) is 5.75 Å². The SMILES string of the molecule is CCCCc1c(C(=O)O)cc(C)c(O)c1CCC. The first-order valence-electron chi connectivity index (χ1n) is 6.60. The van der Waals surface area contributed by atoms with Gasteiger partial charge >= 0.3 is 5.97 Å². The van der Waals surface area contributed by atoms with Gasteiger partial charge in [-0.25, -0.2) is 4.79 Å². The van der Waals surface area contributed by atoms with Gasteiger partial charge in [0.1, 0.15) is 5.75 Å². The smallest absolute Gasteiger partial charge is 0.335 e. The van der Waals surface area contributed by atoms with Gasteiger partial charge in [-0.1, -0.05) is 26.7 Å². The molecule has 1 rings (SSSR count). The van der Waals surface area contributed by atoms with Crippen LogP contribution in [0.25, 0.3) is 0 Å². The number of rotatable bonds is 6. The Morgan fingerprint density at radius 2 is 1.83 bits per heavy atom. The van der Waals surface area contributed by atoms with Crippen LogP contribution in [-0.2, 0) is 12.8 Å². The lowest BCUT2D eigenvalue weighted by Gasteiger charge is -2.16. The standard InChI is InChI=1S/C15H22O3/c1-4-6-8-11-12(7-5-2)14(16)10(3)9-13(11)15(17)18/h9,16H,4-8H2,1-3H3,(H,17,18). The third-order valence-corrected chi connectivity index (χ3v) is 3.22. The van der Waals surface area contributed by atoms with Gasteiger partial charge in [0.05, 0.1) is 5.56 Å². The summed E-state index contributed by atoms with van der Waals surface area (Å²) in [5, 5.41) is 19.4. The molecule has 0 spiro atoms. The zero-order valence-electron chi connectivity index (χ0n) is 11.4. The van der Waals surface area contributed by atoms with E-state index in [0.29, 0.717) is 11.1 Å². The van der Waals surface area contributed by atoms with E-state index in [4.69, 9.17) is 0 Å². The molecule has 100 valence electrons. The van der Waals surface area contributed by atoms with E-state index < -0.39 is 5.97 Å². The third-order valence-electron chi connectivity index (χ3n) is 3.22. The molecule has 18 heavy (non-hydrogen) atoms. The number of aryl methyl sites for hydroxylation is 1. The van der Waals surface area contributed by atoms with E-state index in [2.05, 4.69) is 6.92 Å². The second-order valence-corrected chi connectivity index (χ2v) is 4.71. The zero-order valence-corrected chi connectivity index (χ0v) is 11.4. The van der Waals surface area contributed by atoms with Crippen molar-refractivity contribution >= 4 is 5.97 Å². The van der Waals surface area contributed by atoms with E-state index in [1.165, 1.54) is 0 Å². The molecule has 2 N–H and O–H groups in total. The summed E-state index contributed by atoms with van der Waals surface area (Å²) in [5.41, 5.74) is 2.64. The number of hydrogen-bond donors (Lipinski definition) is 2. The predicted octanol–water partition coefficient (Wildman–Crippen LogP) is 3.69. The summed E-state index contributed by atoms with van der Waals surface area (Å²) in [4.78, 5) is 11.3. The Morgan fingerprint density at radius 1 is 1.17 bits per heavy atom. The van der Waals surface area contributed by atoms with Crippen LogP contribution in [0, 0.1) is 6.92 Å². The van der Waals surface area contributed by atoms with Crippen molar-refractivity contribution < 1.29 is 15.0 Å². The Morgan fingerprint density at radius 3 is 2.33 bits per heavy atom. The molecule has 0 aromatic heterocycles. The number of benzene rings is 1. The van der Waals surface area contributed by atoms with Gasteiger partial charge in [0.2, 0.25) is 0 Å². The normalized spacial score (nSPS) is 10.6.